The summed E-state index contributed by atoms with van der Waals surface area (Å²) in [5.41, 5.74) is 1.77. The van der Waals surface area contributed by atoms with Crippen LogP contribution in [-0.2, 0) is 20.7 Å². The highest BCUT2D eigenvalue weighted by Gasteiger charge is 2.01. The molecule has 0 saturated heterocycles. The summed E-state index contributed by atoms with van der Waals surface area (Å²) in [4.78, 5) is 11.1. The number of aryl methyl sites for hydroxylation is 1. The molecule has 0 saturated carbocycles. The number of hydrogen-bond acceptors (Lipinski definition) is 3. The zero-order valence-corrected chi connectivity index (χ0v) is 11.6. The summed E-state index contributed by atoms with van der Waals surface area (Å²) in [6.07, 6.45) is 2.77. The Bertz CT molecular complexity index is 384. The molecule has 1 aromatic rings. The molecule has 0 fully saturated rings. The van der Waals surface area contributed by atoms with Gasteiger partial charge in [0, 0.05) is 25.2 Å². The second-order valence-electron chi connectivity index (χ2n) is 4.47. The minimum atomic E-state index is -0.330. The van der Waals surface area contributed by atoms with Crippen molar-refractivity contribution in [2.75, 3.05) is 19.8 Å². The number of hydrogen-bond donors (Lipinski definition) is 0. The molecule has 1 rings (SSSR count). The van der Waals surface area contributed by atoms with Crippen LogP contribution in [0.5, 0.6) is 0 Å². The summed E-state index contributed by atoms with van der Waals surface area (Å²) >= 11 is 0. The van der Waals surface area contributed by atoms with Gasteiger partial charge in [0.2, 0.25) is 0 Å². The Hall–Kier alpha value is -1.61. The maximum absolute atomic E-state index is 11.1. The van der Waals surface area contributed by atoms with Crippen LogP contribution < -0.4 is 0 Å². The van der Waals surface area contributed by atoms with Crippen LogP contribution in [0.25, 0.3) is 0 Å². The highest BCUT2D eigenvalue weighted by Crippen LogP contribution is 2.02. The highest BCUT2D eigenvalue weighted by atomic mass is 16.5. The van der Waals surface area contributed by atoms with Gasteiger partial charge in [0.15, 0.2) is 0 Å². The molecule has 19 heavy (non-hydrogen) atoms. The third-order valence-electron chi connectivity index (χ3n) is 2.61. The first-order valence-corrected chi connectivity index (χ1v) is 6.64. The average Bonchev–Trinajstić information content (AvgIpc) is 2.42. The quantitative estimate of drug-likeness (QED) is 0.389. The highest BCUT2D eigenvalue weighted by molar-refractivity contribution is 5.86. The normalized spacial score (nSPS) is 10.2. The van der Waals surface area contributed by atoms with Crippen LogP contribution in [0.2, 0.25) is 0 Å². The number of carbonyl (C=O) groups is 1. The molecule has 0 aliphatic carbocycles. The summed E-state index contributed by atoms with van der Waals surface area (Å²) in [5.74, 6) is -0.330. The van der Waals surface area contributed by atoms with Gasteiger partial charge in [-0.15, -0.1) is 0 Å². The molecule has 1 aromatic carbocycles. The molecule has 0 heterocycles. The Morgan fingerprint density at radius 3 is 2.47 bits per heavy atom. The average molecular weight is 262 g/mol. The van der Waals surface area contributed by atoms with Crippen LogP contribution in [0.15, 0.2) is 42.5 Å². The van der Waals surface area contributed by atoms with Crippen molar-refractivity contribution < 1.29 is 14.3 Å². The fourth-order valence-electron chi connectivity index (χ4n) is 1.57. The Morgan fingerprint density at radius 1 is 1.11 bits per heavy atom. The van der Waals surface area contributed by atoms with Crippen molar-refractivity contribution in [3.63, 3.8) is 0 Å². The fraction of sp³-hybridized carbons (Fsp3) is 0.438. The number of rotatable bonds is 9. The van der Waals surface area contributed by atoms with Gasteiger partial charge in [0.25, 0.3) is 0 Å². The Morgan fingerprint density at radius 2 is 1.79 bits per heavy atom. The van der Waals surface area contributed by atoms with E-state index in [-0.39, 0.29) is 5.97 Å². The van der Waals surface area contributed by atoms with E-state index in [4.69, 9.17) is 9.47 Å². The van der Waals surface area contributed by atoms with Crippen molar-refractivity contribution >= 4 is 5.97 Å². The van der Waals surface area contributed by atoms with Crippen molar-refractivity contribution in [2.45, 2.75) is 26.2 Å². The van der Waals surface area contributed by atoms with Gasteiger partial charge >= 0.3 is 5.97 Å². The molecule has 0 aliphatic heterocycles. The molecule has 0 aliphatic rings. The molecule has 104 valence electrons. The van der Waals surface area contributed by atoms with Crippen LogP contribution >= 0.6 is 0 Å². The first-order valence-electron chi connectivity index (χ1n) is 6.64. The minimum Gasteiger partial charge on any atom is -0.462 e. The molecular weight excluding hydrogens is 240 g/mol. The van der Waals surface area contributed by atoms with E-state index in [1.54, 1.807) is 6.92 Å². The minimum absolute atomic E-state index is 0.330. The summed E-state index contributed by atoms with van der Waals surface area (Å²) in [6.45, 7) is 6.91. The van der Waals surface area contributed by atoms with Crippen molar-refractivity contribution in [1.82, 2.24) is 0 Å². The van der Waals surface area contributed by atoms with Gasteiger partial charge in [0.1, 0.15) is 0 Å². The van der Waals surface area contributed by atoms with Gasteiger partial charge in [-0.1, -0.05) is 36.9 Å². The van der Waals surface area contributed by atoms with E-state index in [1.807, 2.05) is 18.2 Å². The lowest BCUT2D eigenvalue weighted by Gasteiger charge is -2.06. The molecule has 0 amide bonds. The second kappa shape index (κ2) is 9.34. The predicted molar refractivity (Wildman–Crippen MR) is 76.0 cm³/mol. The van der Waals surface area contributed by atoms with E-state index in [9.17, 15) is 4.79 Å². The molecule has 0 N–H and O–H groups in total. The lowest BCUT2D eigenvalue weighted by molar-refractivity contribution is -0.139. The molecule has 3 nitrogen and oxygen atoms in total. The van der Waals surface area contributed by atoms with E-state index in [1.165, 1.54) is 5.56 Å². The van der Waals surface area contributed by atoms with Gasteiger partial charge in [-0.05, 0) is 25.3 Å². The Balaban J connectivity index is 1.92. The predicted octanol–water partition coefficient (Wildman–Crippen LogP) is 3.15. The maximum atomic E-state index is 11.1. The molecule has 0 atom stereocenters. The lowest BCUT2D eigenvalue weighted by Crippen LogP contribution is -2.08. The number of carbonyl (C=O) groups excluding carboxylic acids is 1. The Labute approximate surface area is 115 Å². The van der Waals surface area contributed by atoms with Crippen LogP contribution in [0.4, 0.5) is 0 Å². The number of benzene rings is 1. The molecule has 0 aromatic heterocycles. The van der Waals surface area contributed by atoms with E-state index in [0.717, 1.165) is 25.9 Å². The van der Waals surface area contributed by atoms with Gasteiger partial charge in [0.05, 0.1) is 6.61 Å². The van der Waals surface area contributed by atoms with Crippen molar-refractivity contribution in [1.29, 1.82) is 0 Å². The third kappa shape index (κ3) is 7.42. The van der Waals surface area contributed by atoms with Crippen LogP contribution in [-0.4, -0.2) is 25.8 Å². The molecule has 3 heteroatoms. The largest absolute Gasteiger partial charge is 0.462 e. The first-order chi connectivity index (χ1) is 9.20. The number of esters is 1. The molecular formula is C16H22O3. The van der Waals surface area contributed by atoms with E-state index in [2.05, 4.69) is 18.7 Å². The van der Waals surface area contributed by atoms with Gasteiger partial charge in [-0.2, -0.15) is 0 Å². The van der Waals surface area contributed by atoms with Gasteiger partial charge < -0.3 is 9.47 Å². The first kappa shape index (κ1) is 15.4. The lowest BCUT2D eigenvalue weighted by atomic mass is 10.1. The van der Waals surface area contributed by atoms with Crippen LogP contribution in [0.1, 0.15) is 25.3 Å². The van der Waals surface area contributed by atoms with Crippen molar-refractivity contribution in [3.8, 4) is 0 Å². The Kier molecular flexibility index (Phi) is 7.59. The summed E-state index contributed by atoms with van der Waals surface area (Å²) in [5, 5.41) is 0. The van der Waals surface area contributed by atoms with Gasteiger partial charge in [-0.3, -0.25) is 0 Å². The standard InChI is InChI=1S/C16H22O3/c1-14(2)16(17)19-13-7-12-18-11-6-10-15-8-4-3-5-9-15/h3-5,8-9H,1,6-7,10-13H2,2H3. The molecule has 0 spiro atoms. The van der Waals surface area contributed by atoms with Gasteiger partial charge in [-0.25, -0.2) is 4.79 Å². The van der Waals surface area contributed by atoms with E-state index in [0.29, 0.717) is 18.8 Å². The fourth-order valence-corrected chi connectivity index (χ4v) is 1.57. The van der Waals surface area contributed by atoms with E-state index < -0.39 is 0 Å². The van der Waals surface area contributed by atoms with Crippen molar-refractivity contribution in [3.05, 3.63) is 48.0 Å². The van der Waals surface area contributed by atoms with E-state index >= 15 is 0 Å². The summed E-state index contributed by atoms with van der Waals surface area (Å²) in [6, 6.07) is 10.4. The summed E-state index contributed by atoms with van der Waals surface area (Å²) < 4.78 is 10.4. The zero-order chi connectivity index (χ0) is 13.9. The smallest absolute Gasteiger partial charge is 0.333 e. The summed E-state index contributed by atoms with van der Waals surface area (Å²) in [7, 11) is 0. The monoisotopic (exact) mass is 262 g/mol. The SMILES string of the molecule is C=C(C)C(=O)OCCCOCCCc1ccccc1. The van der Waals surface area contributed by atoms with Crippen LogP contribution in [0, 0.1) is 0 Å². The molecule has 0 unspecified atom stereocenters. The third-order valence-corrected chi connectivity index (χ3v) is 2.61. The molecule has 0 bridgehead atoms. The topological polar surface area (TPSA) is 35.5 Å². The molecule has 0 radical (unpaired) electrons. The zero-order valence-electron chi connectivity index (χ0n) is 11.6. The number of ether oxygens (including phenoxy) is 2. The van der Waals surface area contributed by atoms with Crippen molar-refractivity contribution in [2.24, 2.45) is 0 Å². The second-order valence-corrected chi connectivity index (χ2v) is 4.47. The van der Waals surface area contributed by atoms with Crippen LogP contribution in [0.3, 0.4) is 0 Å². The maximum Gasteiger partial charge on any atom is 0.333 e.